The molecule has 9 nitrogen and oxygen atoms in total. The smallest absolute Gasteiger partial charge is 0.348 e. The van der Waals surface area contributed by atoms with Crippen molar-refractivity contribution in [3.63, 3.8) is 0 Å². The van der Waals surface area contributed by atoms with Crippen molar-refractivity contribution in [3.05, 3.63) is 44.4 Å². The van der Waals surface area contributed by atoms with Crippen LogP contribution in [0, 0.1) is 13.8 Å². The number of aromatic nitrogens is 3. The molecule has 1 amide bonds. The standard InChI is InChI=1S/C21H21N5O4S/c1-4-30-20(29)15-11(3)13-16(22-9-23-18(13)31-15)24-12-8-10(2)14-17(27)25-21(6-5-7-21)26(14)19(12)28/h8-9H,4-7H2,1-3H3,(H,25,27)(H,22,23,24). The zero-order chi connectivity index (χ0) is 21.9. The number of pyridine rings is 1. The molecule has 1 saturated carbocycles. The van der Waals surface area contributed by atoms with Crippen LogP contribution in [0.25, 0.3) is 10.2 Å². The highest BCUT2D eigenvalue weighted by Crippen LogP contribution is 2.41. The molecule has 0 bridgehead atoms. The van der Waals surface area contributed by atoms with Crippen LogP contribution in [-0.4, -0.2) is 33.0 Å². The molecule has 3 aromatic rings. The fourth-order valence-electron chi connectivity index (χ4n) is 4.40. The fourth-order valence-corrected chi connectivity index (χ4v) is 5.44. The Morgan fingerprint density at radius 3 is 2.77 bits per heavy atom. The lowest BCUT2D eigenvalue weighted by atomic mass is 9.85. The molecule has 0 atom stereocenters. The lowest BCUT2D eigenvalue weighted by molar-refractivity contribution is 0.0531. The molecule has 31 heavy (non-hydrogen) atoms. The van der Waals surface area contributed by atoms with E-state index in [4.69, 9.17) is 4.74 Å². The highest BCUT2D eigenvalue weighted by molar-refractivity contribution is 7.20. The van der Waals surface area contributed by atoms with E-state index in [-0.39, 0.29) is 18.1 Å². The van der Waals surface area contributed by atoms with Gasteiger partial charge in [0.1, 0.15) is 38.9 Å². The maximum Gasteiger partial charge on any atom is 0.348 e. The lowest BCUT2D eigenvalue weighted by Gasteiger charge is -2.39. The first-order chi connectivity index (χ1) is 14.9. The van der Waals surface area contributed by atoms with E-state index in [0.717, 1.165) is 19.3 Å². The Balaban J connectivity index is 1.63. The number of nitrogens with one attached hydrogen (secondary N) is 2. The van der Waals surface area contributed by atoms with E-state index < -0.39 is 11.6 Å². The van der Waals surface area contributed by atoms with Crippen LogP contribution in [0.1, 0.15) is 57.5 Å². The van der Waals surface area contributed by atoms with Crippen molar-refractivity contribution in [3.8, 4) is 0 Å². The SMILES string of the molecule is CCOC(=O)c1sc2ncnc(Nc3cc(C)c4n(c3=O)C3(CCC3)NC4=O)c2c1C. The quantitative estimate of drug-likeness (QED) is 0.601. The van der Waals surface area contributed by atoms with Crippen molar-refractivity contribution < 1.29 is 14.3 Å². The van der Waals surface area contributed by atoms with E-state index in [1.807, 2.05) is 13.8 Å². The topological polar surface area (TPSA) is 115 Å². The molecule has 1 aliphatic carbocycles. The zero-order valence-electron chi connectivity index (χ0n) is 17.4. The summed E-state index contributed by atoms with van der Waals surface area (Å²) in [5.74, 6) is -0.178. The molecule has 0 aromatic carbocycles. The first-order valence-electron chi connectivity index (χ1n) is 10.1. The predicted octanol–water partition coefficient (Wildman–Crippen LogP) is 2.97. The molecular formula is C21H21N5O4S. The Bertz CT molecular complexity index is 1320. The van der Waals surface area contributed by atoms with Crippen LogP contribution >= 0.6 is 11.3 Å². The van der Waals surface area contributed by atoms with Gasteiger partial charge in [0.2, 0.25) is 0 Å². The maximum atomic E-state index is 13.4. The van der Waals surface area contributed by atoms with E-state index in [9.17, 15) is 14.4 Å². The van der Waals surface area contributed by atoms with Crippen LogP contribution in [0.2, 0.25) is 0 Å². The van der Waals surface area contributed by atoms with E-state index in [2.05, 4.69) is 20.6 Å². The number of nitrogens with zero attached hydrogens (tertiary/aromatic N) is 3. The van der Waals surface area contributed by atoms with Crippen molar-refractivity contribution in [2.75, 3.05) is 11.9 Å². The van der Waals surface area contributed by atoms with Gasteiger partial charge in [-0.25, -0.2) is 14.8 Å². The van der Waals surface area contributed by atoms with Gasteiger partial charge in [0.05, 0.1) is 12.0 Å². The molecule has 160 valence electrons. The molecule has 1 spiro atoms. The first kappa shape index (κ1) is 19.7. The number of anilines is 2. The summed E-state index contributed by atoms with van der Waals surface area (Å²) in [5.41, 5.74) is 1.26. The van der Waals surface area contributed by atoms with Crippen LogP contribution in [0.5, 0.6) is 0 Å². The largest absolute Gasteiger partial charge is 0.462 e. The molecular weight excluding hydrogens is 418 g/mol. The highest BCUT2D eigenvalue weighted by Gasteiger charge is 2.48. The number of rotatable bonds is 4. The molecule has 2 N–H and O–H groups in total. The minimum atomic E-state index is -0.623. The molecule has 1 aliphatic heterocycles. The van der Waals surface area contributed by atoms with Crippen LogP contribution in [-0.2, 0) is 10.4 Å². The van der Waals surface area contributed by atoms with Crippen LogP contribution < -0.4 is 16.2 Å². The molecule has 0 unspecified atom stereocenters. The van der Waals surface area contributed by atoms with Crippen LogP contribution in [0.4, 0.5) is 11.5 Å². The second-order valence-corrected chi connectivity index (χ2v) is 8.87. The Morgan fingerprint density at radius 2 is 2.10 bits per heavy atom. The summed E-state index contributed by atoms with van der Waals surface area (Å²) in [5, 5.41) is 6.81. The van der Waals surface area contributed by atoms with Gasteiger partial charge in [-0.3, -0.25) is 14.2 Å². The van der Waals surface area contributed by atoms with Gasteiger partial charge >= 0.3 is 5.97 Å². The van der Waals surface area contributed by atoms with Crippen LogP contribution in [0.3, 0.4) is 0 Å². The second-order valence-electron chi connectivity index (χ2n) is 7.87. The molecule has 5 rings (SSSR count). The monoisotopic (exact) mass is 439 g/mol. The third-order valence-electron chi connectivity index (χ3n) is 6.00. The number of hydrogen-bond donors (Lipinski definition) is 2. The average molecular weight is 439 g/mol. The van der Waals surface area contributed by atoms with Gasteiger partial charge in [-0.15, -0.1) is 11.3 Å². The summed E-state index contributed by atoms with van der Waals surface area (Å²) in [6.45, 7) is 5.67. The third kappa shape index (κ3) is 2.78. The van der Waals surface area contributed by atoms with E-state index in [1.54, 1.807) is 17.6 Å². The molecule has 4 heterocycles. The third-order valence-corrected chi connectivity index (χ3v) is 7.18. The number of ether oxygens (including phenoxy) is 1. The van der Waals surface area contributed by atoms with Crippen molar-refractivity contribution in [1.29, 1.82) is 0 Å². The summed E-state index contributed by atoms with van der Waals surface area (Å²) >= 11 is 1.23. The van der Waals surface area contributed by atoms with Crippen molar-refractivity contribution in [1.82, 2.24) is 19.9 Å². The van der Waals surface area contributed by atoms with Crippen molar-refractivity contribution in [2.24, 2.45) is 0 Å². The number of thiophene rings is 1. The summed E-state index contributed by atoms with van der Waals surface area (Å²) in [7, 11) is 0. The zero-order valence-corrected chi connectivity index (χ0v) is 18.2. The van der Waals surface area contributed by atoms with Gasteiger partial charge < -0.3 is 15.4 Å². The van der Waals surface area contributed by atoms with Gasteiger partial charge in [0, 0.05) is 0 Å². The molecule has 1 fully saturated rings. The number of hydrogen-bond acceptors (Lipinski definition) is 8. The molecule has 0 radical (unpaired) electrons. The van der Waals surface area contributed by atoms with Crippen LogP contribution in [0.15, 0.2) is 17.2 Å². The van der Waals surface area contributed by atoms with Gasteiger partial charge in [0.25, 0.3) is 11.5 Å². The minimum absolute atomic E-state index is 0.210. The predicted molar refractivity (Wildman–Crippen MR) is 116 cm³/mol. The Labute approximate surface area is 181 Å². The molecule has 2 aliphatic rings. The number of fused-ring (bicyclic) bond motifs is 3. The molecule has 3 aromatic heterocycles. The lowest BCUT2D eigenvalue weighted by Crippen LogP contribution is -2.52. The van der Waals surface area contributed by atoms with E-state index in [0.29, 0.717) is 43.4 Å². The van der Waals surface area contributed by atoms with E-state index >= 15 is 0 Å². The maximum absolute atomic E-state index is 13.4. The second kappa shape index (κ2) is 6.88. The molecule has 0 saturated heterocycles. The number of amides is 1. The van der Waals surface area contributed by atoms with Crippen molar-refractivity contribution in [2.45, 2.75) is 45.7 Å². The summed E-state index contributed by atoms with van der Waals surface area (Å²) in [6.07, 6.45) is 3.82. The average Bonchev–Trinajstić information content (AvgIpc) is 3.22. The molecule has 10 heteroatoms. The summed E-state index contributed by atoms with van der Waals surface area (Å²) < 4.78 is 6.74. The number of carbonyl (C=O) groups is 2. The van der Waals surface area contributed by atoms with Crippen molar-refractivity contribution >= 4 is 44.9 Å². The van der Waals surface area contributed by atoms with Gasteiger partial charge in [-0.1, -0.05) is 0 Å². The summed E-state index contributed by atoms with van der Waals surface area (Å²) in [6, 6.07) is 1.67. The normalized spacial score (nSPS) is 16.2. The Morgan fingerprint density at radius 1 is 1.32 bits per heavy atom. The Kier molecular flexibility index (Phi) is 4.37. The van der Waals surface area contributed by atoms with E-state index in [1.165, 1.54) is 17.7 Å². The number of carbonyl (C=O) groups excluding carboxylic acids is 2. The van der Waals surface area contributed by atoms with Gasteiger partial charge in [-0.2, -0.15) is 0 Å². The highest BCUT2D eigenvalue weighted by atomic mass is 32.1. The fraction of sp³-hybridized carbons (Fsp3) is 0.381. The van der Waals surface area contributed by atoms with Gasteiger partial charge in [-0.05, 0) is 57.2 Å². The Hall–Kier alpha value is -3.27. The number of esters is 1. The summed E-state index contributed by atoms with van der Waals surface area (Å²) in [4.78, 5) is 47.9. The van der Waals surface area contributed by atoms with Gasteiger partial charge in [0.15, 0.2) is 0 Å². The number of aryl methyl sites for hydroxylation is 2. The minimum Gasteiger partial charge on any atom is -0.462 e. The first-order valence-corrected chi connectivity index (χ1v) is 11.0.